The Morgan fingerprint density at radius 2 is 2.11 bits per heavy atom. The second-order valence-corrected chi connectivity index (χ2v) is 1.80. The van der Waals surface area contributed by atoms with Crippen LogP contribution in [0.3, 0.4) is 0 Å². The maximum Gasteiger partial charge on any atom is 0.370 e. The molecule has 0 amide bonds. The molecule has 1 aliphatic heterocycles. The molecule has 53 valence electrons. The summed E-state index contributed by atoms with van der Waals surface area (Å²) in [5.74, 6) is 0. The summed E-state index contributed by atoms with van der Waals surface area (Å²) in [6, 6.07) is 0. The Hall–Kier alpha value is -0.120. The first kappa shape index (κ1) is 6.99. The average molecular weight is 131 g/mol. The van der Waals surface area contributed by atoms with Crippen LogP contribution in [0.2, 0.25) is 0 Å². The van der Waals surface area contributed by atoms with Crippen molar-refractivity contribution >= 4 is 0 Å². The van der Waals surface area contributed by atoms with Crippen LogP contribution < -0.4 is 0 Å². The van der Waals surface area contributed by atoms with Crippen LogP contribution in [0.25, 0.3) is 0 Å². The fourth-order valence-electron chi connectivity index (χ4n) is 0.560. The highest BCUT2D eigenvalue weighted by Gasteiger charge is 2.18. The molecule has 1 aliphatic rings. The molecule has 0 aliphatic carbocycles. The summed E-state index contributed by atoms with van der Waals surface area (Å²) in [5.41, 5.74) is 0. The summed E-state index contributed by atoms with van der Waals surface area (Å²) in [6.45, 7) is 4.31. The van der Waals surface area contributed by atoms with Crippen LogP contribution in [0.4, 0.5) is 0 Å². The van der Waals surface area contributed by atoms with Gasteiger partial charge in [0.1, 0.15) is 0 Å². The molecular formula is C6H11O3. The van der Waals surface area contributed by atoms with E-state index in [0.29, 0.717) is 26.3 Å². The number of rotatable bonds is 3. The second-order valence-electron chi connectivity index (χ2n) is 1.80. The van der Waals surface area contributed by atoms with Gasteiger partial charge in [0.2, 0.25) is 0 Å². The molecular weight excluding hydrogens is 120 g/mol. The zero-order valence-electron chi connectivity index (χ0n) is 5.55. The summed E-state index contributed by atoms with van der Waals surface area (Å²) >= 11 is 0. The fourth-order valence-corrected chi connectivity index (χ4v) is 0.560. The van der Waals surface area contributed by atoms with Gasteiger partial charge in [-0.1, -0.05) is 6.92 Å². The molecule has 0 unspecified atom stereocenters. The van der Waals surface area contributed by atoms with Crippen molar-refractivity contribution < 1.29 is 14.2 Å². The molecule has 1 rings (SSSR count). The maximum atomic E-state index is 5.02. The topological polar surface area (TPSA) is 27.7 Å². The smallest absolute Gasteiger partial charge is 0.321 e. The van der Waals surface area contributed by atoms with Gasteiger partial charge in [0.05, 0.1) is 19.8 Å². The van der Waals surface area contributed by atoms with Crippen LogP contribution in [0.1, 0.15) is 13.3 Å². The van der Waals surface area contributed by atoms with E-state index in [2.05, 4.69) is 0 Å². The molecule has 0 saturated carbocycles. The Morgan fingerprint density at radius 1 is 1.44 bits per heavy atom. The van der Waals surface area contributed by atoms with Gasteiger partial charge in [-0.3, -0.25) is 0 Å². The van der Waals surface area contributed by atoms with Crippen molar-refractivity contribution in [3.05, 3.63) is 6.48 Å². The molecule has 0 aromatic rings. The normalized spacial score (nSPS) is 21.0. The molecule has 1 saturated heterocycles. The summed E-state index contributed by atoms with van der Waals surface area (Å²) < 4.78 is 14.9. The average Bonchev–Trinajstić information content (AvgIpc) is 2.34. The van der Waals surface area contributed by atoms with Gasteiger partial charge in [-0.25, -0.2) is 0 Å². The molecule has 1 heterocycles. The van der Waals surface area contributed by atoms with Gasteiger partial charge in [0.15, 0.2) is 0 Å². The lowest BCUT2D eigenvalue weighted by molar-refractivity contribution is -0.121. The fraction of sp³-hybridized carbons (Fsp3) is 0.833. The van der Waals surface area contributed by atoms with E-state index in [-0.39, 0.29) is 0 Å². The summed E-state index contributed by atoms with van der Waals surface area (Å²) in [6.07, 6.45) is 0.982. The van der Waals surface area contributed by atoms with E-state index in [1.165, 1.54) is 0 Å². The Kier molecular flexibility index (Phi) is 2.97. The monoisotopic (exact) mass is 131 g/mol. The highest BCUT2D eigenvalue weighted by atomic mass is 16.9. The Balaban J connectivity index is 1.98. The minimum Gasteiger partial charge on any atom is -0.321 e. The van der Waals surface area contributed by atoms with E-state index in [4.69, 9.17) is 14.2 Å². The Bertz CT molecular complexity index is 68.7. The third-order valence-electron chi connectivity index (χ3n) is 0.947. The molecule has 3 nitrogen and oxygen atoms in total. The Morgan fingerprint density at radius 3 is 2.67 bits per heavy atom. The molecule has 1 radical (unpaired) electrons. The molecule has 0 aromatic heterocycles. The first-order chi connectivity index (χ1) is 4.43. The van der Waals surface area contributed by atoms with Crippen molar-refractivity contribution in [1.29, 1.82) is 0 Å². The van der Waals surface area contributed by atoms with Crippen LogP contribution >= 0.6 is 0 Å². The lowest BCUT2D eigenvalue weighted by Crippen LogP contribution is -2.03. The minimum atomic E-state index is 0.344. The van der Waals surface area contributed by atoms with E-state index < -0.39 is 0 Å². The predicted molar refractivity (Wildman–Crippen MR) is 31.4 cm³/mol. The lowest BCUT2D eigenvalue weighted by Gasteiger charge is -2.04. The first-order valence-corrected chi connectivity index (χ1v) is 3.19. The largest absolute Gasteiger partial charge is 0.370 e. The molecule has 0 spiro atoms. The van der Waals surface area contributed by atoms with E-state index in [1.807, 2.05) is 6.92 Å². The van der Waals surface area contributed by atoms with Gasteiger partial charge in [-0.15, -0.1) is 0 Å². The second kappa shape index (κ2) is 3.82. The van der Waals surface area contributed by atoms with Gasteiger partial charge in [0.25, 0.3) is 0 Å². The summed E-state index contributed by atoms with van der Waals surface area (Å²) in [4.78, 5) is 0. The minimum absolute atomic E-state index is 0.344. The van der Waals surface area contributed by atoms with Gasteiger partial charge in [0, 0.05) is 0 Å². The van der Waals surface area contributed by atoms with Gasteiger partial charge in [-0.05, 0) is 6.42 Å². The summed E-state index contributed by atoms with van der Waals surface area (Å²) in [7, 11) is 0. The predicted octanol–water partition coefficient (Wildman–Crippen LogP) is 0.907. The Labute approximate surface area is 54.9 Å². The van der Waals surface area contributed by atoms with Gasteiger partial charge < -0.3 is 14.2 Å². The quantitative estimate of drug-likeness (QED) is 0.569. The highest BCUT2D eigenvalue weighted by Crippen LogP contribution is 2.12. The van der Waals surface area contributed by atoms with Gasteiger partial charge in [-0.2, -0.15) is 0 Å². The third-order valence-corrected chi connectivity index (χ3v) is 0.947. The molecule has 0 bridgehead atoms. The van der Waals surface area contributed by atoms with Crippen molar-refractivity contribution in [2.24, 2.45) is 0 Å². The highest BCUT2D eigenvalue weighted by molar-refractivity contribution is 4.55. The van der Waals surface area contributed by atoms with E-state index in [1.54, 1.807) is 0 Å². The SMILES string of the molecule is CCCO[C]1OCCO1. The van der Waals surface area contributed by atoms with E-state index >= 15 is 0 Å². The van der Waals surface area contributed by atoms with E-state index in [9.17, 15) is 0 Å². The zero-order chi connectivity index (χ0) is 6.53. The molecule has 3 heteroatoms. The third kappa shape index (κ3) is 2.30. The van der Waals surface area contributed by atoms with Crippen LogP contribution in [-0.2, 0) is 14.2 Å². The maximum absolute atomic E-state index is 5.02. The number of ether oxygens (including phenoxy) is 3. The zero-order valence-corrected chi connectivity index (χ0v) is 5.55. The van der Waals surface area contributed by atoms with Crippen LogP contribution in [-0.4, -0.2) is 19.8 Å². The number of hydrogen-bond acceptors (Lipinski definition) is 3. The van der Waals surface area contributed by atoms with Crippen molar-refractivity contribution in [2.75, 3.05) is 19.8 Å². The first-order valence-electron chi connectivity index (χ1n) is 3.19. The molecule has 0 aromatic carbocycles. The van der Waals surface area contributed by atoms with Crippen LogP contribution in [0, 0.1) is 6.48 Å². The molecule has 9 heavy (non-hydrogen) atoms. The van der Waals surface area contributed by atoms with Crippen molar-refractivity contribution in [3.63, 3.8) is 0 Å². The van der Waals surface area contributed by atoms with Crippen molar-refractivity contribution in [2.45, 2.75) is 13.3 Å². The molecule has 0 atom stereocenters. The lowest BCUT2D eigenvalue weighted by atomic mass is 10.5. The standard InChI is InChI=1S/C6H11O3/c1-2-3-7-6-8-4-5-9-6/h2-5H2,1H3. The van der Waals surface area contributed by atoms with Crippen LogP contribution in [0.15, 0.2) is 0 Å². The molecule has 0 N–H and O–H groups in total. The number of hydrogen-bond donors (Lipinski definition) is 0. The van der Waals surface area contributed by atoms with E-state index in [0.717, 1.165) is 6.42 Å². The van der Waals surface area contributed by atoms with Gasteiger partial charge >= 0.3 is 6.48 Å². The van der Waals surface area contributed by atoms with Crippen LogP contribution in [0.5, 0.6) is 0 Å². The molecule has 1 fully saturated rings. The van der Waals surface area contributed by atoms with Crippen molar-refractivity contribution in [1.82, 2.24) is 0 Å². The summed E-state index contributed by atoms with van der Waals surface area (Å²) in [5, 5.41) is 0. The van der Waals surface area contributed by atoms with Crippen molar-refractivity contribution in [3.8, 4) is 0 Å².